The highest BCUT2D eigenvalue weighted by Gasteiger charge is 2.15. The molecule has 4 rings (SSSR count). The molecular weight excluding hydrogens is 398 g/mol. The minimum absolute atomic E-state index is 0.258. The Labute approximate surface area is 177 Å². The van der Waals surface area contributed by atoms with Crippen LogP contribution in [0.15, 0.2) is 59.6 Å². The highest BCUT2D eigenvalue weighted by atomic mass is 32.2. The van der Waals surface area contributed by atoms with Crippen LogP contribution in [0.4, 0.5) is 23.1 Å². The summed E-state index contributed by atoms with van der Waals surface area (Å²) >= 11 is 0. The van der Waals surface area contributed by atoms with E-state index in [2.05, 4.69) is 50.2 Å². The molecule has 2 aromatic carbocycles. The lowest BCUT2D eigenvalue weighted by molar-refractivity contribution is 0.460. The third-order valence-electron chi connectivity index (χ3n) is 5.27. The molecule has 0 radical (unpaired) electrons. The van der Waals surface area contributed by atoms with Crippen molar-refractivity contribution in [1.82, 2.24) is 15.3 Å². The van der Waals surface area contributed by atoms with Crippen LogP contribution in [0, 0.1) is 6.92 Å². The van der Waals surface area contributed by atoms with Gasteiger partial charge in [-0.3, -0.25) is 0 Å². The molecule has 0 aliphatic carbocycles. The molecule has 30 heavy (non-hydrogen) atoms. The standard InChI is InChI=1S/C22H25N5O2S/c1-15-14-24-22(27-21(15)25-19-3-2-4-20(13-19)30(28)29)26-18-7-5-16(6-8-18)17-9-11-23-12-10-17/h2-8,13-14,17,23,30H,9-12H2,1H3,(H2,24,25,26,27). The summed E-state index contributed by atoms with van der Waals surface area (Å²) in [6, 6.07) is 15.1. The second-order valence-electron chi connectivity index (χ2n) is 7.43. The van der Waals surface area contributed by atoms with Crippen molar-refractivity contribution < 1.29 is 8.42 Å². The first-order valence-electron chi connectivity index (χ1n) is 10.0. The molecule has 8 heteroatoms. The summed E-state index contributed by atoms with van der Waals surface area (Å²) in [7, 11) is -2.63. The number of hydrogen-bond acceptors (Lipinski definition) is 7. The van der Waals surface area contributed by atoms with E-state index >= 15 is 0 Å². The van der Waals surface area contributed by atoms with Gasteiger partial charge in [-0.25, -0.2) is 13.4 Å². The molecule has 3 aromatic rings. The second kappa shape index (κ2) is 9.23. The summed E-state index contributed by atoms with van der Waals surface area (Å²) in [5.41, 5.74) is 3.81. The molecule has 0 atom stereocenters. The Kier molecular flexibility index (Phi) is 6.25. The van der Waals surface area contributed by atoms with E-state index in [0.29, 0.717) is 23.4 Å². The molecule has 156 valence electrons. The average Bonchev–Trinajstić information content (AvgIpc) is 2.77. The Hall–Kier alpha value is -2.97. The van der Waals surface area contributed by atoms with Gasteiger partial charge < -0.3 is 16.0 Å². The van der Waals surface area contributed by atoms with Crippen molar-refractivity contribution in [2.75, 3.05) is 23.7 Å². The summed E-state index contributed by atoms with van der Waals surface area (Å²) in [6.07, 6.45) is 4.08. The smallest absolute Gasteiger partial charge is 0.229 e. The molecular formula is C22H25N5O2S. The number of hydrogen-bond donors (Lipinski definition) is 4. The van der Waals surface area contributed by atoms with Crippen molar-refractivity contribution in [2.45, 2.75) is 30.6 Å². The van der Waals surface area contributed by atoms with Gasteiger partial charge in [-0.15, -0.1) is 0 Å². The quantitative estimate of drug-likeness (QED) is 0.449. The lowest BCUT2D eigenvalue weighted by atomic mass is 9.90. The van der Waals surface area contributed by atoms with Crippen molar-refractivity contribution in [3.63, 3.8) is 0 Å². The van der Waals surface area contributed by atoms with Crippen LogP contribution in [-0.2, 0) is 10.7 Å². The molecule has 3 N–H and O–H groups in total. The van der Waals surface area contributed by atoms with Crippen LogP contribution < -0.4 is 16.0 Å². The van der Waals surface area contributed by atoms with Crippen molar-refractivity contribution in [2.24, 2.45) is 0 Å². The number of piperidine rings is 1. The fourth-order valence-electron chi connectivity index (χ4n) is 3.59. The van der Waals surface area contributed by atoms with E-state index in [9.17, 15) is 8.42 Å². The molecule has 0 amide bonds. The first-order valence-corrected chi connectivity index (χ1v) is 11.2. The topological polar surface area (TPSA) is 96.0 Å². The van der Waals surface area contributed by atoms with E-state index in [0.717, 1.165) is 24.3 Å². The molecule has 7 nitrogen and oxygen atoms in total. The summed E-state index contributed by atoms with van der Waals surface area (Å²) in [6.45, 7) is 4.05. The highest BCUT2D eigenvalue weighted by molar-refractivity contribution is 7.72. The highest BCUT2D eigenvalue weighted by Crippen LogP contribution is 2.27. The normalized spacial score (nSPS) is 14.6. The maximum atomic E-state index is 11.2. The molecule has 2 heterocycles. The monoisotopic (exact) mass is 423 g/mol. The van der Waals surface area contributed by atoms with Gasteiger partial charge in [0.2, 0.25) is 5.95 Å². The predicted molar refractivity (Wildman–Crippen MR) is 120 cm³/mol. The zero-order valence-electron chi connectivity index (χ0n) is 16.8. The van der Waals surface area contributed by atoms with Gasteiger partial charge in [0.1, 0.15) is 5.82 Å². The summed E-state index contributed by atoms with van der Waals surface area (Å²) in [5, 5.41) is 9.83. The van der Waals surface area contributed by atoms with Crippen LogP contribution >= 0.6 is 0 Å². The Balaban J connectivity index is 1.48. The zero-order chi connectivity index (χ0) is 20.9. The number of anilines is 4. The fourth-order valence-corrected chi connectivity index (χ4v) is 4.04. The lowest BCUT2D eigenvalue weighted by Gasteiger charge is -2.23. The van der Waals surface area contributed by atoms with Gasteiger partial charge in [-0.2, -0.15) is 4.98 Å². The molecule has 0 spiro atoms. The first-order chi connectivity index (χ1) is 14.6. The van der Waals surface area contributed by atoms with E-state index < -0.39 is 10.7 Å². The maximum Gasteiger partial charge on any atom is 0.229 e. The maximum absolute atomic E-state index is 11.2. The number of benzene rings is 2. The molecule has 1 aromatic heterocycles. The number of thiol groups is 1. The van der Waals surface area contributed by atoms with E-state index in [1.54, 1.807) is 30.5 Å². The van der Waals surface area contributed by atoms with Crippen LogP contribution in [0.2, 0.25) is 0 Å². The predicted octanol–water partition coefficient (Wildman–Crippen LogP) is 3.71. The Morgan fingerprint density at radius 1 is 1.00 bits per heavy atom. The lowest BCUT2D eigenvalue weighted by Crippen LogP contribution is -2.26. The van der Waals surface area contributed by atoms with Crippen molar-refractivity contribution >= 4 is 33.8 Å². The number of aryl methyl sites for hydroxylation is 1. The Morgan fingerprint density at radius 2 is 1.77 bits per heavy atom. The molecule has 0 unspecified atom stereocenters. The van der Waals surface area contributed by atoms with E-state index in [1.807, 2.05) is 6.92 Å². The minimum atomic E-state index is -2.63. The molecule has 1 fully saturated rings. The first kappa shape index (κ1) is 20.3. The van der Waals surface area contributed by atoms with Crippen molar-refractivity contribution in [3.05, 3.63) is 65.9 Å². The van der Waals surface area contributed by atoms with Gasteiger partial charge >= 0.3 is 0 Å². The van der Waals surface area contributed by atoms with Crippen LogP contribution in [0.25, 0.3) is 0 Å². The number of nitrogens with one attached hydrogen (secondary N) is 3. The van der Waals surface area contributed by atoms with Gasteiger partial charge in [-0.1, -0.05) is 18.2 Å². The fraction of sp³-hybridized carbons (Fsp3) is 0.273. The Bertz CT molecular complexity index is 1080. The van der Waals surface area contributed by atoms with Gasteiger partial charge in [0.15, 0.2) is 10.7 Å². The molecule has 0 saturated carbocycles. The van der Waals surface area contributed by atoms with Gasteiger partial charge in [0.05, 0.1) is 4.90 Å². The molecule has 0 bridgehead atoms. The third-order valence-corrected chi connectivity index (χ3v) is 5.97. The second-order valence-corrected chi connectivity index (χ2v) is 8.46. The SMILES string of the molecule is Cc1cnc(Nc2ccc(C3CCNCC3)cc2)nc1Nc1cccc([SH](=O)=O)c1. The van der Waals surface area contributed by atoms with Crippen LogP contribution in [0.3, 0.4) is 0 Å². The van der Waals surface area contributed by atoms with Crippen LogP contribution in [0.1, 0.15) is 29.9 Å². The largest absolute Gasteiger partial charge is 0.340 e. The van der Waals surface area contributed by atoms with Crippen LogP contribution in [-0.4, -0.2) is 31.5 Å². The van der Waals surface area contributed by atoms with Crippen LogP contribution in [0.5, 0.6) is 0 Å². The number of aromatic nitrogens is 2. The number of rotatable bonds is 6. The van der Waals surface area contributed by atoms with Crippen molar-refractivity contribution in [1.29, 1.82) is 0 Å². The van der Waals surface area contributed by atoms with Gasteiger partial charge in [-0.05, 0) is 74.7 Å². The van der Waals surface area contributed by atoms with Crippen molar-refractivity contribution in [3.8, 4) is 0 Å². The Morgan fingerprint density at radius 3 is 2.50 bits per heavy atom. The number of nitrogens with zero attached hydrogens (tertiary/aromatic N) is 2. The molecule has 1 aliphatic heterocycles. The molecule has 1 aliphatic rings. The van der Waals surface area contributed by atoms with E-state index in [4.69, 9.17) is 0 Å². The van der Waals surface area contributed by atoms with Gasteiger partial charge in [0.25, 0.3) is 0 Å². The summed E-state index contributed by atoms with van der Waals surface area (Å²) in [5.74, 6) is 1.72. The third kappa shape index (κ3) is 4.95. The van der Waals surface area contributed by atoms with E-state index in [-0.39, 0.29) is 4.90 Å². The van der Waals surface area contributed by atoms with Gasteiger partial charge in [0, 0.05) is 23.1 Å². The molecule has 1 saturated heterocycles. The average molecular weight is 424 g/mol. The summed E-state index contributed by atoms with van der Waals surface area (Å²) < 4.78 is 22.5. The zero-order valence-corrected chi connectivity index (χ0v) is 17.7. The van der Waals surface area contributed by atoms with E-state index in [1.165, 1.54) is 18.4 Å². The minimum Gasteiger partial charge on any atom is -0.340 e. The summed E-state index contributed by atoms with van der Waals surface area (Å²) in [4.78, 5) is 9.18.